The Labute approximate surface area is 217 Å². The van der Waals surface area contributed by atoms with Crippen LogP contribution < -0.4 is 0 Å². The van der Waals surface area contributed by atoms with Crippen LogP contribution in [0.25, 0.3) is 0 Å². The molecule has 0 spiro atoms. The number of fused-ring (bicyclic) bond motifs is 1. The van der Waals surface area contributed by atoms with Gasteiger partial charge in [-0.1, -0.05) is 47.5 Å². The van der Waals surface area contributed by atoms with Crippen molar-refractivity contribution in [2.75, 3.05) is 20.3 Å². The average Bonchev–Trinajstić information content (AvgIpc) is 3.10. The van der Waals surface area contributed by atoms with Crippen molar-refractivity contribution in [1.82, 2.24) is 4.90 Å². The lowest BCUT2D eigenvalue weighted by atomic mass is 9.75. The molecule has 0 aromatic heterocycles. The van der Waals surface area contributed by atoms with Crippen LogP contribution in [0.5, 0.6) is 0 Å². The van der Waals surface area contributed by atoms with E-state index in [1.165, 1.54) is 7.11 Å². The third-order valence-corrected chi connectivity index (χ3v) is 7.00. The van der Waals surface area contributed by atoms with E-state index < -0.39 is 35.6 Å². The van der Waals surface area contributed by atoms with Gasteiger partial charge in [0, 0.05) is 11.6 Å². The molecule has 2 aliphatic rings. The Morgan fingerprint density at radius 3 is 2.25 bits per heavy atom. The first-order valence-corrected chi connectivity index (χ1v) is 11.9. The molecule has 0 saturated heterocycles. The molecule has 186 valence electrons. The molecule has 4 rings (SSSR count). The second-order valence-corrected chi connectivity index (χ2v) is 8.98. The van der Waals surface area contributed by atoms with E-state index in [-0.39, 0.29) is 45.6 Å². The first-order valence-electron chi connectivity index (χ1n) is 11.1. The van der Waals surface area contributed by atoms with Crippen LogP contribution in [-0.2, 0) is 19.1 Å². The van der Waals surface area contributed by atoms with E-state index in [4.69, 9.17) is 32.7 Å². The summed E-state index contributed by atoms with van der Waals surface area (Å²) in [6.07, 6.45) is 0. The molecule has 2 aromatic carbocycles. The van der Waals surface area contributed by atoms with Gasteiger partial charge in [0.15, 0.2) is 0 Å². The second-order valence-electron chi connectivity index (χ2n) is 8.20. The van der Waals surface area contributed by atoms with Crippen LogP contribution in [0.1, 0.15) is 46.0 Å². The molecular formula is C26H22Cl2N2O6. The molecule has 8 nitrogen and oxygen atoms in total. The van der Waals surface area contributed by atoms with Gasteiger partial charge in [0.05, 0.1) is 52.7 Å². The van der Waals surface area contributed by atoms with E-state index in [1.807, 2.05) is 0 Å². The molecule has 0 saturated carbocycles. The zero-order valence-electron chi connectivity index (χ0n) is 19.7. The Bertz CT molecular complexity index is 1310. The monoisotopic (exact) mass is 528 g/mol. The lowest BCUT2D eigenvalue weighted by molar-refractivity contribution is -0.144. The Kier molecular flexibility index (Phi) is 7.28. The van der Waals surface area contributed by atoms with Gasteiger partial charge in [-0.2, -0.15) is 0 Å². The summed E-state index contributed by atoms with van der Waals surface area (Å²) in [5.41, 5.74) is 1.35. The van der Waals surface area contributed by atoms with Gasteiger partial charge in [-0.3, -0.25) is 24.3 Å². The van der Waals surface area contributed by atoms with Crippen molar-refractivity contribution in [3.63, 3.8) is 0 Å². The molecule has 0 radical (unpaired) electrons. The van der Waals surface area contributed by atoms with Crippen molar-refractivity contribution in [2.45, 2.75) is 19.8 Å². The Balaban J connectivity index is 1.91. The smallest absolute Gasteiger partial charge is 0.336 e. The third-order valence-electron chi connectivity index (χ3n) is 6.17. The Morgan fingerprint density at radius 2 is 1.67 bits per heavy atom. The number of hydrogen-bond acceptors (Lipinski definition) is 7. The quantitative estimate of drug-likeness (QED) is 0.405. The van der Waals surface area contributed by atoms with Gasteiger partial charge in [0.2, 0.25) is 0 Å². The number of benzene rings is 2. The number of imide groups is 1. The van der Waals surface area contributed by atoms with Gasteiger partial charge >= 0.3 is 11.9 Å². The minimum atomic E-state index is -1.02. The van der Waals surface area contributed by atoms with Crippen LogP contribution >= 0.6 is 23.2 Å². The van der Waals surface area contributed by atoms with Gasteiger partial charge in [-0.05, 0) is 37.6 Å². The molecule has 2 unspecified atom stereocenters. The van der Waals surface area contributed by atoms with Crippen LogP contribution in [0, 0.1) is 5.92 Å². The van der Waals surface area contributed by atoms with E-state index in [2.05, 4.69) is 4.99 Å². The fraction of sp³-hybridized carbons (Fsp3) is 0.269. The Hall–Kier alpha value is -3.49. The maximum absolute atomic E-state index is 13.3. The van der Waals surface area contributed by atoms with Gasteiger partial charge in [-0.25, -0.2) is 4.79 Å². The molecule has 10 heteroatoms. The van der Waals surface area contributed by atoms with E-state index in [1.54, 1.807) is 56.3 Å². The number of hydrogen-bond donors (Lipinski definition) is 0. The van der Waals surface area contributed by atoms with Crippen LogP contribution in [0.3, 0.4) is 0 Å². The summed E-state index contributed by atoms with van der Waals surface area (Å²) < 4.78 is 10.4. The largest absolute Gasteiger partial charge is 0.468 e. The molecule has 0 aliphatic carbocycles. The summed E-state index contributed by atoms with van der Waals surface area (Å²) in [5, 5.41) is 0.373. The minimum Gasteiger partial charge on any atom is -0.468 e. The van der Waals surface area contributed by atoms with Crippen molar-refractivity contribution in [3.05, 3.63) is 80.5 Å². The van der Waals surface area contributed by atoms with E-state index in [0.29, 0.717) is 11.3 Å². The number of carbonyl (C=O) groups excluding carboxylic acids is 4. The highest BCUT2D eigenvalue weighted by molar-refractivity contribution is 6.42. The van der Waals surface area contributed by atoms with Crippen LogP contribution in [-0.4, -0.2) is 54.6 Å². The minimum absolute atomic E-state index is 0.00132. The molecule has 2 amide bonds. The van der Waals surface area contributed by atoms with E-state index >= 15 is 0 Å². The third kappa shape index (κ3) is 4.31. The molecule has 2 heterocycles. The van der Waals surface area contributed by atoms with Crippen molar-refractivity contribution >= 4 is 52.7 Å². The summed E-state index contributed by atoms with van der Waals surface area (Å²) in [7, 11) is 1.23. The summed E-state index contributed by atoms with van der Waals surface area (Å²) in [5.74, 6) is -4.41. The van der Waals surface area contributed by atoms with E-state index in [0.717, 1.165) is 4.90 Å². The number of amides is 2. The first kappa shape index (κ1) is 25.6. The maximum Gasteiger partial charge on any atom is 0.336 e. The molecule has 2 atom stereocenters. The highest BCUT2D eigenvalue weighted by Crippen LogP contribution is 2.44. The molecule has 36 heavy (non-hydrogen) atoms. The number of ether oxygens (including phenoxy) is 2. The summed E-state index contributed by atoms with van der Waals surface area (Å²) >= 11 is 12.8. The second kappa shape index (κ2) is 10.2. The SMILES string of the molecule is CCOC(=O)C1=C(CN2C(=O)c3ccccc3C2=O)N=C(C)C(C(=O)OC)C1c1cccc(Cl)c1Cl. The molecule has 0 fully saturated rings. The van der Waals surface area contributed by atoms with E-state index in [9.17, 15) is 19.2 Å². The summed E-state index contributed by atoms with van der Waals surface area (Å²) in [6, 6.07) is 11.3. The zero-order valence-corrected chi connectivity index (χ0v) is 21.2. The van der Waals surface area contributed by atoms with Crippen LogP contribution in [0.2, 0.25) is 10.0 Å². The summed E-state index contributed by atoms with van der Waals surface area (Å²) in [4.78, 5) is 57.9. The maximum atomic E-state index is 13.3. The highest BCUT2D eigenvalue weighted by atomic mass is 35.5. The number of esters is 2. The zero-order chi connectivity index (χ0) is 26.1. The Morgan fingerprint density at radius 1 is 1.03 bits per heavy atom. The van der Waals surface area contributed by atoms with Gasteiger partial charge in [0.25, 0.3) is 11.8 Å². The molecule has 2 aliphatic heterocycles. The first-order chi connectivity index (χ1) is 17.2. The number of rotatable bonds is 6. The summed E-state index contributed by atoms with van der Waals surface area (Å²) in [6.45, 7) is 2.99. The van der Waals surface area contributed by atoms with Gasteiger partial charge in [0.1, 0.15) is 5.92 Å². The van der Waals surface area contributed by atoms with Gasteiger partial charge in [-0.15, -0.1) is 0 Å². The lowest BCUT2D eigenvalue weighted by Gasteiger charge is -2.33. The molecular weight excluding hydrogens is 507 g/mol. The number of methoxy groups -OCH3 is 1. The molecule has 2 aromatic rings. The fourth-order valence-electron chi connectivity index (χ4n) is 4.57. The molecule has 0 bridgehead atoms. The molecule has 0 N–H and O–H groups in total. The van der Waals surface area contributed by atoms with Gasteiger partial charge < -0.3 is 9.47 Å². The fourth-order valence-corrected chi connectivity index (χ4v) is 4.99. The van der Waals surface area contributed by atoms with Crippen molar-refractivity contribution in [2.24, 2.45) is 10.9 Å². The number of aliphatic imine (C=N–C) groups is 1. The average molecular weight is 529 g/mol. The van der Waals surface area contributed by atoms with Crippen molar-refractivity contribution in [1.29, 1.82) is 0 Å². The highest BCUT2D eigenvalue weighted by Gasteiger charge is 2.45. The van der Waals surface area contributed by atoms with Crippen molar-refractivity contribution < 1.29 is 28.7 Å². The number of halogens is 2. The lowest BCUT2D eigenvalue weighted by Crippen LogP contribution is -2.39. The predicted molar refractivity (Wildman–Crippen MR) is 133 cm³/mol. The predicted octanol–water partition coefficient (Wildman–Crippen LogP) is 4.45. The number of carbonyl (C=O) groups is 4. The van der Waals surface area contributed by atoms with Crippen LogP contribution in [0.4, 0.5) is 0 Å². The van der Waals surface area contributed by atoms with Crippen LogP contribution in [0.15, 0.2) is 58.7 Å². The normalized spacial score (nSPS) is 19.2. The van der Waals surface area contributed by atoms with Crippen molar-refractivity contribution in [3.8, 4) is 0 Å². The standard InChI is InChI=1S/C26H22Cl2N2O6/c1-4-36-26(34)21-18(12-30-23(31)14-8-5-6-9-15(14)24(30)32)29-13(2)19(25(33)35-3)20(21)16-10-7-11-17(27)22(16)28/h5-11,19-20H,4,12H2,1-3H3. The topological polar surface area (TPSA) is 102 Å². The number of nitrogens with zero attached hydrogens (tertiary/aromatic N) is 2.